The van der Waals surface area contributed by atoms with E-state index in [4.69, 9.17) is 15.7 Å². The van der Waals surface area contributed by atoms with E-state index in [1.54, 1.807) is 19.9 Å². The van der Waals surface area contributed by atoms with Crippen molar-refractivity contribution in [1.29, 1.82) is 5.26 Å². The number of rotatable bonds is 0. The Morgan fingerprint density at radius 2 is 2.18 bits per heavy atom. The van der Waals surface area contributed by atoms with Gasteiger partial charge in [-0.05, 0) is 13.8 Å². The van der Waals surface area contributed by atoms with Crippen LogP contribution in [-0.4, -0.2) is 11.4 Å². The van der Waals surface area contributed by atoms with E-state index in [2.05, 4.69) is 0 Å². The summed E-state index contributed by atoms with van der Waals surface area (Å²) in [4.78, 5) is 11.2. The van der Waals surface area contributed by atoms with Crippen LogP contribution in [0.4, 0.5) is 0 Å². The summed E-state index contributed by atoms with van der Waals surface area (Å²) in [6, 6.07) is 1.70. The van der Waals surface area contributed by atoms with E-state index in [1.807, 2.05) is 0 Å². The van der Waals surface area contributed by atoms with Gasteiger partial charge >= 0.3 is 0 Å². The zero-order chi connectivity index (χ0) is 8.65. The van der Waals surface area contributed by atoms with Crippen LogP contribution < -0.4 is 5.73 Å². The highest BCUT2D eigenvalue weighted by atomic mass is 16.5. The van der Waals surface area contributed by atoms with Crippen LogP contribution >= 0.6 is 0 Å². The zero-order valence-corrected chi connectivity index (χ0v) is 6.34. The second-order valence-electron chi connectivity index (χ2n) is 2.79. The Kier molecular flexibility index (Phi) is 1.38. The maximum atomic E-state index is 11.2. The Balaban J connectivity index is 3.09. The molecule has 1 aliphatic heterocycles. The van der Waals surface area contributed by atoms with Crippen molar-refractivity contribution >= 4 is 5.78 Å². The number of ketones is 1. The van der Waals surface area contributed by atoms with Crippen LogP contribution in [-0.2, 0) is 9.53 Å². The van der Waals surface area contributed by atoms with E-state index < -0.39 is 5.60 Å². The minimum Gasteiger partial charge on any atom is -0.464 e. The molecule has 0 atom stereocenters. The Bertz CT molecular complexity index is 283. The molecule has 0 amide bonds. The van der Waals surface area contributed by atoms with E-state index >= 15 is 0 Å². The molecule has 0 saturated carbocycles. The maximum absolute atomic E-state index is 11.2. The molecular weight excluding hydrogens is 144 g/mol. The highest BCUT2D eigenvalue weighted by molar-refractivity contribution is 6.06. The van der Waals surface area contributed by atoms with E-state index in [0.717, 1.165) is 0 Å². The molecule has 0 radical (unpaired) electrons. The summed E-state index contributed by atoms with van der Waals surface area (Å²) in [6.07, 6.45) is 0. The molecular formula is C7H8N2O2. The Hall–Kier alpha value is -1.50. The second kappa shape index (κ2) is 1.99. The fourth-order valence-corrected chi connectivity index (χ4v) is 0.891. The van der Waals surface area contributed by atoms with Crippen molar-refractivity contribution < 1.29 is 9.53 Å². The minimum absolute atomic E-state index is 0.0671. The summed E-state index contributed by atoms with van der Waals surface area (Å²) in [5.41, 5.74) is 4.23. The summed E-state index contributed by atoms with van der Waals surface area (Å²) in [5, 5.41) is 8.45. The topological polar surface area (TPSA) is 76.1 Å². The molecule has 1 aliphatic rings. The molecule has 58 valence electrons. The fraction of sp³-hybridized carbons (Fsp3) is 0.429. The molecule has 1 heterocycles. The lowest BCUT2D eigenvalue weighted by molar-refractivity contribution is -0.127. The molecule has 0 saturated heterocycles. The SMILES string of the molecule is CC1(C)OC(N)=C(C#N)C1=O. The molecule has 4 nitrogen and oxygen atoms in total. The number of Topliss-reactive ketones (excluding diaryl/α,β-unsaturated/α-hetero) is 1. The average molecular weight is 152 g/mol. The van der Waals surface area contributed by atoms with Gasteiger partial charge in [-0.2, -0.15) is 5.26 Å². The zero-order valence-electron chi connectivity index (χ0n) is 6.34. The molecule has 0 unspecified atom stereocenters. The van der Waals surface area contributed by atoms with Crippen LogP contribution in [0.25, 0.3) is 0 Å². The van der Waals surface area contributed by atoms with E-state index in [1.165, 1.54) is 0 Å². The first-order chi connectivity index (χ1) is 4.99. The van der Waals surface area contributed by atoms with Crippen LogP contribution in [0.5, 0.6) is 0 Å². The summed E-state index contributed by atoms with van der Waals surface area (Å²) in [6.45, 7) is 3.15. The van der Waals surface area contributed by atoms with Gasteiger partial charge in [0.1, 0.15) is 6.07 Å². The van der Waals surface area contributed by atoms with Gasteiger partial charge in [-0.1, -0.05) is 0 Å². The van der Waals surface area contributed by atoms with E-state index in [0.29, 0.717) is 0 Å². The minimum atomic E-state index is -0.963. The largest absolute Gasteiger partial charge is 0.464 e. The van der Waals surface area contributed by atoms with Crippen molar-refractivity contribution in [3.8, 4) is 6.07 Å². The quantitative estimate of drug-likeness (QED) is 0.532. The lowest BCUT2D eigenvalue weighted by Gasteiger charge is -2.15. The van der Waals surface area contributed by atoms with E-state index in [9.17, 15) is 4.79 Å². The van der Waals surface area contributed by atoms with Gasteiger partial charge in [-0.15, -0.1) is 0 Å². The average Bonchev–Trinajstić information content (AvgIpc) is 2.04. The normalized spacial score (nSPS) is 21.4. The number of nitriles is 1. The number of carbonyl (C=O) groups is 1. The lowest BCUT2D eigenvalue weighted by Crippen LogP contribution is -2.29. The molecule has 0 fully saturated rings. The van der Waals surface area contributed by atoms with Gasteiger partial charge in [0.15, 0.2) is 11.2 Å². The number of hydrogen-bond acceptors (Lipinski definition) is 4. The highest BCUT2D eigenvalue weighted by Gasteiger charge is 2.41. The molecule has 0 aromatic carbocycles. The smallest absolute Gasteiger partial charge is 0.221 e. The summed E-state index contributed by atoms with van der Waals surface area (Å²) >= 11 is 0. The fourth-order valence-electron chi connectivity index (χ4n) is 0.891. The first-order valence-electron chi connectivity index (χ1n) is 3.12. The lowest BCUT2D eigenvalue weighted by atomic mass is 10.0. The molecule has 0 aliphatic carbocycles. The second-order valence-corrected chi connectivity index (χ2v) is 2.79. The monoisotopic (exact) mass is 152 g/mol. The van der Waals surface area contributed by atoms with Crippen molar-refractivity contribution in [2.24, 2.45) is 5.73 Å². The van der Waals surface area contributed by atoms with Crippen LogP contribution in [0.15, 0.2) is 11.5 Å². The number of ether oxygens (including phenoxy) is 1. The predicted octanol–water partition coefficient (Wildman–Crippen LogP) is 0.0582. The van der Waals surface area contributed by atoms with Crippen molar-refractivity contribution in [2.75, 3.05) is 0 Å². The van der Waals surface area contributed by atoms with Crippen molar-refractivity contribution in [2.45, 2.75) is 19.4 Å². The summed E-state index contributed by atoms with van der Waals surface area (Å²) < 4.78 is 4.95. The molecule has 4 heteroatoms. The van der Waals surface area contributed by atoms with Crippen molar-refractivity contribution in [1.82, 2.24) is 0 Å². The van der Waals surface area contributed by atoms with Crippen LogP contribution in [0.2, 0.25) is 0 Å². The molecule has 2 N–H and O–H groups in total. The molecule has 0 bridgehead atoms. The molecule has 0 aromatic heterocycles. The van der Waals surface area contributed by atoms with Crippen molar-refractivity contribution in [3.05, 3.63) is 11.5 Å². The third-order valence-corrected chi connectivity index (χ3v) is 1.50. The van der Waals surface area contributed by atoms with Crippen LogP contribution in [0.1, 0.15) is 13.8 Å². The number of carbonyl (C=O) groups excluding carboxylic acids is 1. The van der Waals surface area contributed by atoms with Gasteiger partial charge in [0.05, 0.1) is 0 Å². The number of hydrogen-bond donors (Lipinski definition) is 1. The van der Waals surface area contributed by atoms with Crippen LogP contribution in [0.3, 0.4) is 0 Å². The number of nitrogens with zero attached hydrogens (tertiary/aromatic N) is 1. The Morgan fingerprint density at radius 1 is 1.64 bits per heavy atom. The summed E-state index contributed by atoms with van der Waals surface area (Å²) in [5.74, 6) is -0.417. The first-order valence-corrected chi connectivity index (χ1v) is 3.12. The third kappa shape index (κ3) is 0.944. The van der Waals surface area contributed by atoms with Gasteiger partial charge in [-0.25, -0.2) is 0 Å². The molecule has 0 spiro atoms. The van der Waals surface area contributed by atoms with Gasteiger partial charge in [0.25, 0.3) is 0 Å². The predicted molar refractivity (Wildman–Crippen MR) is 37.0 cm³/mol. The standard InChI is InChI=1S/C7H8N2O2/c1-7(2)5(10)4(3-8)6(9)11-7/h9H2,1-2H3. The van der Waals surface area contributed by atoms with Crippen molar-refractivity contribution in [3.63, 3.8) is 0 Å². The molecule has 0 aromatic rings. The van der Waals surface area contributed by atoms with Crippen LogP contribution in [0, 0.1) is 11.3 Å². The molecule has 1 rings (SSSR count). The first kappa shape index (κ1) is 7.61. The third-order valence-electron chi connectivity index (χ3n) is 1.50. The number of nitrogens with two attached hydrogens (primary N) is 1. The Morgan fingerprint density at radius 3 is 2.36 bits per heavy atom. The maximum Gasteiger partial charge on any atom is 0.221 e. The van der Waals surface area contributed by atoms with E-state index in [-0.39, 0.29) is 17.2 Å². The van der Waals surface area contributed by atoms with Gasteiger partial charge in [0.2, 0.25) is 11.7 Å². The van der Waals surface area contributed by atoms with Gasteiger partial charge in [-0.3, -0.25) is 4.79 Å². The van der Waals surface area contributed by atoms with Gasteiger partial charge < -0.3 is 10.5 Å². The van der Waals surface area contributed by atoms with Gasteiger partial charge in [0, 0.05) is 0 Å². The highest BCUT2D eigenvalue weighted by Crippen LogP contribution is 2.26. The molecule has 11 heavy (non-hydrogen) atoms. The Labute approximate surface area is 64.2 Å². The summed E-state index contributed by atoms with van der Waals surface area (Å²) in [7, 11) is 0.